The van der Waals surface area contributed by atoms with Gasteiger partial charge in [0.2, 0.25) is 0 Å². The van der Waals surface area contributed by atoms with Gasteiger partial charge >= 0.3 is 0 Å². The van der Waals surface area contributed by atoms with E-state index in [-0.39, 0.29) is 0 Å². The summed E-state index contributed by atoms with van der Waals surface area (Å²) in [6.45, 7) is 0. The average Bonchev–Trinajstić information content (AvgIpc) is 3.34. The molecule has 3 aromatic carbocycles. The number of hydrogen-bond acceptors (Lipinski definition) is 2. The van der Waals surface area contributed by atoms with E-state index in [1.807, 2.05) is 22.7 Å². The Morgan fingerprint density at radius 1 is 0.464 bits per heavy atom. The Hall–Kier alpha value is -2.94. The topological polar surface area (TPSA) is 0 Å². The van der Waals surface area contributed by atoms with Crippen molar-refractivity contribution in [1.82, 2.24) is 0 Å². The van der Waals surface area contributed by atoms with Crippen LogP contribution in [0.5, 0.6) is 0 Å². The van der Waals surface area contributed by atoms with Crippen molar-refractivity contribution in [2.24, 2.45) is 0 Å². The second-order valence-corrected chi connectivity index (χ2v) is 8.94. The molecule has 0 nitrogen and oxygen atoms in total. The molecule has 134 valence electrons. The van der Waals surface area contributed by atoms with Crippen LogP contribution in [0.1, 0.15) is 20.9 Å². The van der Waals surface area contributed by atoms with Crippen molar-refractivity contribution >= 4 is 67.1 Å². The first kappa shape index (κ1) is 17.2. The van der Waals surface area contributed by atoms with Gasteiger partial charge in [0, 0.05) is 19.2 Å². The Morgan fingerprint density at radius 2 is 0.893 bits per heavy atom. The normalized spacial score (nSPS) is 12.0. The molecule has 0 aliphatic heterocycles. The van der Waals surface area contributed by atoms with Crippen LogP contribution in [0.2, 0.25) is 0 Å². The minimum absolute atomic E-state index is 1.22. The van der Waals surface area contributed by atoms with Gasteiger partial charge in [-0.05, 0) is 58.3 Å². The lowest BCUT2D eigenvalue weighted by atomic mass is 10.1. The summed E-state index contributed by atoms with van der Waals surface area (Å²) in [6.07, 6.45) is 8.77. The van der Waals surface area contributed by atoms with Crippen LogP contribution in [0.25, 0.3) is 44.5 Å². The molecule has 0 bridgehead atoms. The zero-order valence-electron chi connectivity index (χ0n) is 15.2. The van der Waals surface area contributed by atoms with Crippen molar-refractivity contribution in [2.45, 2.75) is 0 Å². The molecule has 2 heterocycles. The molecule has 0 fully saturated rings. The highest BCUT2D eigenvalue weighted by Gasteiger charge is 1.99. The van der Waals surface area contributed by atoms with E-state index in [0.29, 0.717) is 0 Å². The molecule has 0 unspecified atom stereocenters. The maximum atomic E-state index is 2.25. The van der Waals surface area contributed by atoms with Gasteiger partial charge < -0.3 is 0 Å². The zero-order valence-corrected chi connectivity index (χ0v) is 16.8. The summed E-state index contributed by atoms with van der Waals surface area (Å²) in [5.74, 6) is 0. The molecular formula is C26H18S2. The van der Waals surface area contributed by atoms with Gasteiger partial charge in [0.15, 0.2) is 0 Å². The molecule has 0 atom stereocenters. The fourth-order valence-electron chi connectivity index (χ4n) is 3.24. The first-order chi connectivity index (χ1) is 13.8. The third kappa shape index (κ3) is 3.70. The Kier molecular flexibility index (Phi) is 4.66. The lowest BCUT2D eigenvalue weighted by molar-refractivity contribution is 1.63. The summed E-state index contributed by atoms with van der Waals surface area (Å²) in [5, 5.41) is 2.63. The Labute approximate surface area is 172 Å². The first-order valence-electron chi connectivity index (χ1n) is 9.27. The summed E-state index contributed by atoms with van der Waals surface area (Å²) >= 11 is 3.66. The molecule has 0 saturated carbocycles. The smallest absolute Gasteiger partial charge is 0.0349 e. The van der Waals surface area contributed by atoms with Crippen molar-refractivity contribution in [1.29, 1.82) is 0 Å². The molecule has 0 saturated heterocycles. The molecule has 0 aliphatic rings. The van der Waals surface area contributed by atoms with Crippen molar-refractivity contribution < 1.29 is 0 Å². The molecule has 0 spiro atoms. The summed E-state index contributed by atoms with van der Waals surface area (Å²) in [5.41, 5.74) is 2.44. The average molecular weight is 395 g/mol. The summed E-state index contributed by atoms with van der Waals surface area (Å²) in [6, 6.07) is 30.3. The highest BCUT2D eigenvalue weighted by atomic mass is 32.1. The van der Waals surface area contributed by atoms with Crippen LogP contribution in [0, 0.1) is 0 Å². The van der Waals surface area contributed by atoms with Gasteiger partial charge in [0.1, 0.15) is 0 Å². The van der Waals surface area contributed by atoms with Gasteiger partial charge in [-0.3, -0.25) is 0 Å². The highest BCUT2D eigenvalue weighted by molar-refractivity contribution is 7.20. The van der Waals surface area contributed by atoms with E-state index in [1.54, 1.807) is 0 Å². The van der Waals surface area contributed by atoms with Crippen molar-refractivity contribution in [3.63, 3.8) is 0 Å². The molecule has 5 aromatic rings. The number of hydrogen-bond donors (Lipinski definition) is 0. The predicted molar refractivity (Wildman–Crippen MR) is 128 cm³/mol. The number of thiophene rings is 2. The Balaban J connectivity index is 1.30. The largest absolute Gasteiger partial charge is 0.136 e. The monoisotopic (exact) mass is 394 g/mol. The SMILES string of the molecule is C(=C\c1cc2ccccc2s1)/c1ccc(/C=C/c2cc3ccccc3s2)cc1. The lowest BCUT2D eigenvalue weighted by Gasteiger charge is -1.96. The number of rotatable bonds is 4. The maximum Gasteiger partial charge on any atom is 0.0349 e. The third-order valence-electron chi connectivity index (χ3n) is 4.71. The maximum absolute atomic E-state index is 2.25. The Morgan fingerprint density at radius 3 is 1.32 bits per heavy atom. The van der Waals surface area contributed by atoms with E-state index in [9.17, 15) is 0 Å². The molecule has 0 N–H and O–H groups in total. The van der Waals surface area contributed by atoms with E-state index >= 15 is 0 Å². The van der Waals surface area contributed by atoms with Crippen LogP contribution in [-0.2, 0) is 0 Å². The first-order valence-corrected chi connectivity index (χ1v) is 10.9. The molecule has 5 rings (SSSR count). The van der Waals surface area contributed by atoms with Crippen molar-refractivity contribution in [3.8, 4) is 0 Å². The summed E-state index contributed by atoms with van der Waals surface area (Å²) < 4.78 is 2.67. The molecular weight excluding hydrogens is 376 g/mol. The number of fused-ring (bicyclic) bond motifs is 2. The summed E-state index contributed by atoms with van der Waals surface area (Å²) in [7, 11) is 0. The van der Waals surface area contributed by atoms with Gasteiger partial charge in [0.25, 0.3) is 0 Å². The van der Waals surface area contributed by atoms with Gasteiger partial charge in [0.05, 0.1) is 0 Å². The van der Waals surface area contributed by atoms with Gasteiger partial charge in [-0.25, -0.2) is 0 Å². The van der Waals surface area contributed by atoms with Crippen LogP contribution in [0.3, 0.4) is 0 Å². The van der Waals surface area contributed by atoms with Crippen LogP contribution in [0.4, 0.5) is 0 Å². The quantitative estimate of drug-likeness (QED) is 0.287. The van der Waals surface area contributed by atoms with Crippen LogP contribution in [0.15, 0.2) is 84.9 Å². The fraction of sp³-hybridized carbons (Fsp3) is 0. The summed E-state index contributed by atoms with van der Waals surface area (Å²) in [4.78, 5) is 2.57. The van der Waals surface area contributed by atoms with Gasteiger partial charge in [-0.15, -0.1) is 22.7 Å². The highest BCUT2D eigenvalue weighted by Crippen LogP contribution is 2.28. The van der Waals surface area contributed by atoms with E-state index in [1.165, 1.54) is 41.1 Å². The van der Waals surface area contributed by atoms with E-state index in [4.69, 9.17) is 0 Å². The van der Waals surface area contributed by atoms with Crippen molar-refractivity contribution in [3.05, 3.63) is 106 Å². The molecule has 0 radical (unpaired) electrons. The van der Waals surface area contributed by atoms with Gasteiger partial charge in [-0.2, -0.15) is 0 Å². The van der Waals surface area contributed by atoms with Crippen LogP contribution < -0.4 is 0 Å². The molecule has 2 aromatic heterocycles. The number of benzene rings is 3. The molecule has 0 amide bonds. The van der Waals surface area contributed by atoms with Gasteiger partial charge in [-0.1, -0.05) is 72.8 Å². The van der Waals surface area contributed by atoms with Crippen LogP contribution in [-0.4, -0.2) is 0 Å². The van der Waals surface area contributed by atoms with Crippen LogP contribution >= 0.6 is 22.7 Å². The lowest BCUT2D eigenvalue weighted by Crippen LogP contribution is -1.74. The second-order valence-electron chi connectivity index (χ2n) is 6.71. The van der Waals surface area contributed by atoms with E-state index in [0.717, 1.165) is 0 Å². The zero-order chi connectivity index (χ0) is 18.8. The minimum atomic E-state index is 1.22. The molecule has 28 heavy (non-hydrogen) atoms. The van der Waals surface area contributed by atoms with E-state index < -0.39 is 0 Å². The minimum Gasteiger partial charge on any atom is -0.136 e. The fourth-order valence-corrected chi connectivity index (χ4v) is 5.18. The second kappa shape index (κ2) is 7.59. The Bertz CT molecular complexity index is 1130. The van der Waals surface area contributed by atoms with E-state index in [2.05, 4.69) is 109 Å². The predicted octanol–water partition coefficient (Wildman–Crippen LogP) is 8.46. The van der Waals surface area contributed by atoms with Crippen molar-refractivity contribution in [2.75, 3.05) is 0 Å². The standard InChI is InChI=1S/C26H18S2/c1-3-7-25-21(5-1)17-23(27-25)15-13-19-9-11-20(12-10-19)14-16-24-18-22-6-2-4-8-26(22)28-24/h1-18H/b15-13+,16-14+. The molecule has 2 heteroatoms. The third-order valence-corrected chi connectivity index (χ3v) is 6.87. The molecule has 0 aliphatic carbocycles.